The van der Waals surface area contributed by atoms with Gasteiger partial charge in [-0.3, -0.25) is 9.59 Å². The van der Waals surface area contributed by atoms with Gasteiger partial charge in [-0.25, -0.2) is 4.79 Å². The molecule has 0 saturated carbocycles. The zero-order chi connectivity index (χ0) is 25.7. The molecule has 0 spiro atoms. The fraction of sp³-hybridized carbons (Fsp3) is 0.129. The number of carbonyl (C=O) groups is 3. The first kappa shape index (κ1) is 24.6. The number of hydrogen-bond acceptors (Lipinski definition) is 4. The van der Waals surface area contributed by atoms with Crippen LogP contribution in [-0.4, -0.2) is 22.6 Å². The standard InChI is InChI=1S/C31H26O5/c1-3-24-26(20-19-25(30(34)35)27(24)28(32)21-13-7-4-8-14-21)36-31(2,23-17-11-6-12-18-23)29(33)22-15-9-5-10-16-22/h4-20H,3H2,1-2H3,(H,34,35). The van der Waals surface area contributed by atoms with Crippen LogP contribution in [0.4, 0.5) is 0 Å². The molecule has 1 unspecified atom stereocenters. The second-order valence-corrected chi connectivity index (χ2v) is 8.52. The summed E-state index contributed by atoms with van der Waals surface area (Å²) in [4.78, 5) is 39.4. The lowest BCUT2D eigenvalue weighted by Crippen LogP contribution is -2.39. The molecule has 5 heteroatoms. The van der Waals surface area contributed by atoms with Gasteiger partial charge in [0.2, 0.25) is 5.78 Å². The van der Waals surface area contributed by atoms with Gasteiger partial charge in [0, 0.05) is 27.8 Å². The van der Waals surface area contributed by atoms with Gasteiger partial charge >= 0.3 is 5.97 Å². The number of carboxylic acids is 1. The molecule has 36 heavy (non-hydrogen) atoms. The van der Waals surface area contributed by atoms with E-state index >= 15 is 0 Å². The van der Waals surface area contributed by atoms with E-state index < -0.39 is 17.4 Å². The van der Waals surface area contributed by atoms with Crippen molar-refractivity contribution in [2.45, 2.75) is 25.9 Å². The molecular formula is C31H26O5. The lowest BCUT2D eigenvalue weighted by atomic mass is 9.86. The van der Waals surface area contributed by atoms with Gasteiger partial charge in [0.25, 0.3) is 0 Å². The van der Waals surface area contributed by atoms with Crippen LogP contribution in [-0.2, 0) is 12.0 Å². The number of Topliss-reactive ketones (excluding diaryl/α,β-unsaturated/α-hetero) is 1. The first-order valence-corrected chi connectivity index (χ1v) is 11.7. The maximum Gasteiger partial charge on any atom is 0.336 e. The molecule has 4 aromatic rings. The van der Waals surface area contributed by atoms with Crippen LogP contribution in [0.25, 0.3) is 0 Å². The number of carbonyl (C=O) groups excluding carboxylic acids is 2. The molecule has 0 fully saturated rings. The minimum absolute atomic E-state index is 0.0660. The van der Waals surface area contributed by atoms with E-state index in [4.69, 9.17) is 4.74 Å². The van der Waals surface area contributed by atoms with Gasteiger partial charge in [-0.05, 0) is 25.5 Å². The highest BCUT2D eigenvalue weighted by Gasteiger charge is 2.39. The summed E-state index contributed by atoms with van der Waals surface area (Å²) >= 11 is 0. The van der Waals surface area contributed by atoms with Crippen molar-refractivity contribution in [3.63, 3.8) is 0 Å². The predicted molar refractivity (Wildman–Crippen MR) is 138 cm³/mol. The molecule has 0 saturated heterocycles. The Morgan fingerprint density at radius 2 is 1.28 bits per heavy atom. The molecule has 0 heterocycles. The van der Waals surface area contributed by atoms with E-state index in [2.05, 4.69) is 0 Å². The van der Waals surface area contributed by atoms with Crippen LogP contribution in [0, 0.1) is 0 Å². The minimum Gasteiger partial charge on any atom is -0.478 e. The largest absolute Gasteiger partial charge is 0.478 e. The third kappa shape index (κ3) is 4.68. The Hall–Kier alpha value is -4.51. The second kappa shape index (κ2) is 10.4. The average Bonchev–Trinajstić information content (AvgIpc) is 2.93. The minimum atomic E-state index is -1.43. The van der Waals surface area contributed by atoms with E-state index in [0.717, 1.165) is 0 Å². The van der Waals surface area contributed by atoms with Gasteiger partial charge < -0.3 is 9.84 Å². The lowest BCUT2D eigenvalue weighted by molar-refractivity contribution is 0.0504. The number of benzene rings is 4. The van der Waals surface area contributed by atoms with Crippen molar-refractivity contribution >= 4 is 17.5 Å². The molecule has 180 valence electrons. The molecule has 0 aromatic heterocycles. The number of ether oxygens (including phenoxy) is 1. The monoisotopic (exact) mass is 478 g/mol. The van der Waals surface area contributed by atoms with Crippen molar-refractivity contribution in [2.75, 3.05) is 0 Å². The molecule has 0 radical (unpaired) electrons. The van der Waals surface area contributed by atoms with Crippen LogP contribution in [0.3, 0.4) is 0 Å². The average molecular weight is 479 g/mol. The molecule has 4 rings (SSSR count). The van der Waals surface area contributed by atoms with Crippen molar-refractivity contribution in [2.24, 2.45) is 0 Å². The van der Waals surface area contributed by atoms with Gasteiger partial charge in [0.15, 0.2) is 11.4 Å². The van der Waals surface area contributed by atoms with Gasteiger partial charge in [-0.2, -0.15) is 0 Å². The molecule has 1 N–H and O–H groups in total. The van der Waals surface area contributed by atoms with Crippen molar-refractivity contribution in [1.29, 1.82) is 0 Å². The second-order valence-electron chi connectivity index (χ2n) is 8.52. The summed E-state index contributed by atoms with van der Waals surface area (Å²) in [5.74, 6) is -1.58. The summed E-state index contributed by atoms with van der Waals surface area (Å²) in [5, 5.41) is 9.87. The maximum absolute atomic E-state index is 13.8. The summed E-state index contributed by atoms with van der Waals surface area (Å²) in [7, 11) is 0. The highest BCUT2D eigenvalue weighted by Crippen LogP contribution is 2.36. The number of hydrogen-bond donors (Lipinski definition) is 1. The van der Waals surface area contributed by atoms with Crippen LogP contribution < -0.4 is 4.74 Å². The van der Waals surface area contributed by atoms with E-state index in [1.54, 1.807) is 61.5 Å². The molecule has 0 bridgehead atoms. The van der Waals surface area contributed by atoms with Crippen molar-refractivity contribution < 1.29 is 24.2 Å². The fourth-order valence-corrected chi connectivity index (χ4v) is 4.32. The number of ketones is 2. The van der Waals surface area contributed by atoms with Crippen LogP contribution >= 0.6 is 0 Å². The topological polar surface area (TPSA) is 80.7 Å². The summed E-state index contributed by atoms with van der Waals surface area (Å²) in [5.41, 5.74) is 0.457. The highest BCUT2D eigenvalue weighted by molar-refractivity contribution is 6.15. The van der Waals surface area contributed by atoms with Crippen molar-refractivity contribution in [3.05, 3.63) is 137 Å². The summed E-state index contributed by atoms with van der Waals surface area (Å²) < 4.78 is 6.49. The maximum atomic E-state index is 13.8. The van der Waals surface area contributed by atoms with E-state index in [1.807, 2.05) is 43.3 Å². The summed E-state index contributed by atoms with van der Waals surface area (Å²) in [6.45, 7) is 3.52. The van der Waals surface area contributed by atoms with Gasteiger partial charge in [-0.1, -0.05) is 97.9 Å². The Morgan fingerprint density at radius 1 is 0.750 bits per heavy atom. The Labute approximate surface area is 210 Å². The SMILES string of the molecule is CCc1c(OC(C)(C(=O)c2ccccc2)c2ccccc2)ccc(C(=O)O)c1C(=O)c1ccccc1. The van der Waals surface area contributed by atoms with Gasteiger partial charge in [0.1, 0.15) is 5.75 Å². The zero-order valence-corrected chi connectivity index (χ0v) is 20.1. The molecule has 4 aromatic carbocycles. The third-order valence-electron chi connectivity index (χ3n) is 6.22. The lowest BCUT2D eigenvalue weighted by Gasteiger charge is -2.31. The smallest absolute Gasteiger partial charge is 0.336 e. The van der Waals surface area contributed by atoms with Crippen LogP contribution in [0.5, 0.6) is 5.75 Å². The zero-order valence-electron chi connectivity index (χ0n) is 20.1. The number of carboxylic acid groups (broad SMARTS) is 1. The molecule has 1 atom stereocenters. The molecule has 0 aliphatic rings. The summed E-state index contributed by atoms with van der Waals surface area (Å²) in [6, 6.07) is 29.4. The Balaban J connectivity index is 1.89. The normalized spacial score (nSPS) is 12.4. The number of rotatable bonds is 9. The van der Waals surface area contributed by atoms with Gasteiger partial charge in [0.05, 0.1) is 5.56 Å². The third-order valence-corrected chi connectivity index (χ3v) is 6.22. The van der Waals surface area contributed by atoms with E-state index in [-0.39, 0.29) is 22.7 Å². The Morgan fingerprint density at radius 3 is 1.81 bits per heavy atom. The molecule has 0 aliphatic carbocycles. The van der Waals surface area contributed by atoms with Crippen LogP contribution in [0.15, 0.2) is 103 Å². The van der Waals surface area contributed by atoms with Crippen molar-refractivity contribution in [1.82, 2.24) is 0 Å². The Kier molecular flexibility index (Phi) is 7.11. The van der Waals surface area contributed by atoms with Crippen molar-refractivity contribution in [3.8, 4) is 5.75 Å². The van der Waals surface area contributed by atoms with E-state index in [0.29, 0.717) is 28.7 Å². The summed E-state index contributed by atoms with van der Waals surface area (Å²) in [6.07, 6.45) is 0.328. The van der Waals surface area contributed by atoms with Crippen LogP contribution in [0.1, 0.15) is 61.6 Å². The number of aromatic carboxylic acids is 1. The Bertz CT molecular complexity index is 1400. The van der Waals surface area contributed by atoms with E-state index in [1.165, 1.54) is 12.1 Å². The molecule has 0 aliphatic heterocycles. The fourth-order valence-electron chi connectivity index (χ4n) is 4.32. The van der Waals surface area contributed by atoms with E-state index in [9.17, 15) is 19.5 Å². The molecule has 0 amide bonds. The molecular weight excluding hydrogens is 452 g/mol. The van der Waals surface area contributed by atoms with Gasteiger partial charge in [-0.15, -0.1) is 0 Å². The highest BCUT2D eigenvalue weighted by atomic mass is 16.5. The molecule has 5 nitrogen and oxygen atoms in total. The first-order chi connectivity index (χ1) is 17.4. The first-order valence-electron chi connectivity index (χ1n) is 11.7. The van der Waals surface area contributed by atoms with Crippen LogP contribution in [0.2, 0.25) is 0 Å². The predicted octanol–water partition coefficient (Wildman–Crippen LogP) is 6.36. The quantitative estimate of drug-likeness (QED) is 0.283.